The molecule has 100 valence electrons. The smallest absolute Gasteiger partial charge is 0.305 e. The number of rotatable bonds is 4. The van der Waals surface area contributed by atoms with E-state index in [1.807, 2.05) is 41.5 Å². The molecule has 0 heterocycles. The molecule has 0 atom stereocenters. The Morgan fingerprint density at radius 3 is 1.82 bits per heavy atom. The van der Waals surface area contributed by atoms with Crippen molar-refractivity contribution in [2.24, 2.45) is 5.41 Å². The highest BCUT2D eigenvalue weighted by molar-refractivity contribution is 5.78. The lowest BCUT2D eigenvalue weighted by molar-refractivity contribution is -0.141. The van der Waals surface area contributed by atoms with E-state index in [9.17, 15) is 9.59 Å². The Bertz CT molecular complexity index is 284. The second-order valence-electron chi connectivity index (χ2n) is 6.60. The van der Waals surface area contributed by atoms with Crippen LogP contribution in [-0.4, -0.2) is 34.0 Å². The van der Waals surface area contributed by atoms with Crippen molar-refractivity contribution in [3.05, 3.63) is 0 Å². The van der Waals surface area contributed by atoms with E-state index in [1.54, 1.807) is 4.90 Å². The van der Waals surface area contributed by atoms with E-state index in [2.05, 4.69) is 0 Å². The van der Waals surface area contributed by atoms with Gasteiger partial charge < -0.3 is 10.0 Å². The van der Waals surface area contributed by atoms with E-state index in [4.69, 9.17) is 5.11 Å². The fraction of sp³-hybridized carbons (Fsp3) is 0.846. The van der Waals surface area contributed by atoms with Crippen molar-refractivity contribution in [1.82, 2.24) is 4.90 Å². The molecular weight excluding hydrogens is 218 g/mol. The number of carbonyl (C=O) groups is 2. The lowest BCUT2D eigenvalue weighted by atomic mass is 9.90. The largest absolute Gasteiger partial charge is 0.481 e. The summed E-state index contributed by atoms with van der Waals surface area (Å²) in [6.07, 6.45) is 0.428. The second kappa shape index (κ2) is 5.52. The maximum absolute atomic E-state index is 12.2. The molecule has 0 unspecified atom stereocenters. The Balaban J connectivity index is 4.70. The fourth-order valence-electron chi connectivity index (χ4n) is 1.59. The highest BCUT2D eigenvalue weighted by Crippen LogP contribution is 2.23. The summed E-state index contributed by atoms with van der Waals surface area (Å²) in [4.78, 5) is 24.4. The quantitative estimate of drug-likeness (QED) is 0.825. The van der Waals surface area contributed by atoms with E-state index >= 15 is 0 Å². The number of hydrogen-bond acceptors (Lipinski definition) is 2. The van der Waals surface area contributed by atoms with Crippen LogP contribution in [0.5, 0.6) is 0 Å². The first-order valence-electron chi connectivity index (χ1n) is 5.96. The summed E-state index contributed by atoms with van der Waals surface area (Å²) in [6, 6.07) is 0. The van der Waals surface area contributed by atoms with Crippen LogP contribution in [0, 0.1) is 5.41 Å². The maximum atomic E-state index is 12.2. The topological polar surface area (TPSA) is 57.6 Å². The van der Waals surface area contributed by atoms with Crippen LogP contribution in [0.2, 0.25) is 0 Å². The number of nitrogens with zero attached hydrogens (tertiary/aromatic N) is 1. The molecule has 0 aromatic carbocycles. The van der Waals surface area contributed by atoms with Crippen LogP contribution in [0.4, 0.5) is 0 Å². The number of amides is 1. The lowest BCUT2D eigenvalue weighted by Crippen LogP contribution is -2.47. The minimum atomic E-state index is -0.872. The number of carbonyl (C=O) groups excluding carboxylic acids is 1. The first-order valence-corrected chi connectivity index (χ1v) is 5.96. The molecule has 0 spiro atoms. The van der Waals surface area contributed by atoms with Gasteiger partial charge in [-0.1, -0.05) is 20.8 Å². The minimum Gasteiger partial charge on any atom is -0.481 e. The Kier molecular flexibility index (Phi) is 5.17. The summed E-state index contributed by atoms with van der Waals surface area (Å²) in [5.74, 6) is -0.853. The Hall–Kier alpha value is -1.06. The zero-order valence-electron chi connectivity index (χ0n) is 11.8. The van der Waals surface area contributed by atoms with Gasteiger partial charge in [0.2, 0.25) is 5.91 Å². The van der Waals surface area contributed by atoms with Gasteiger partial charge in [0.25, 0.3) is 0 Å². The van der Waals surface area contributed by atoms with Gasteiger partial charge in [0, 0.05) is 18.5 Å². The van der Waals surface area contributed by atoms with Crippen LogP contribution < -0.4 is 0 Å². The van der Waals surface area contributed by atoms with Crippen LogP contribution in [-0.2, 0) is 9.59 Å². The third kappa shape index (κ3) is 6.97. The molecule has 0 aliphatic heterocycles. The predicted octanol–water partition coefficient (Wildman–Crippen LogP) is 2.52. The average molecular weight is 243 g/mol. The summed E-state index contributed by atoms with van der Waals surface area (Å²) < 4.78 is 0. The average Bonchev–Trinajstić information content (AvgIpc) is 1.96. The SMILES string of the molecule is CC(C)(C)CC(=O)N(CCC(=O)O)C(C)(C)C. The highest BCUT2D eigenvalue weighted by atomic mass is 16.4. The van der Waals surface area contributed by atoms with Gasteiger partial charge in [0.1, 0.15) is 0 Å². The Morgan fingerprint density at radius 2 is 1.53 bits per heavy atom. The first kappa shape index (κ1) is 15.9. The van der Waals surface area contributed by atoms with Crippen LogP contribution in [0.15, 0.2) is 0 Å². The summed E-state index contributed by atoms with van der Waals surface area (Å²) in [5, 5.41) is 8.70. The van der Waals surface area contributed by atoms with Crippen molar-refractivity contribution in [2.75, 3.05) is 6.54 Å². The van der Waals surface area contributed by atoms with Crippen molar-refractivity contribution < 1.29 is 14.7 Å². The standard InChI is InChI=1S/C13H25NO3/c1-12(2,3)9-10(15)14(13(4,5)6)8-7-11(16)17/h7-9H2,1-6H3,(H,16,17). The minimum absolute atomic E-state index is 0.00679. The predicted molar refractivity (Wildman–Crippen MR) is 67.8 cm³/mol. The molecule has 0 radical (unpaired) electrons. The Labute approximate surface area is 104 Å². The van der Waals surface area contributed by atoms with Crippen molar-refractivity contribution >= 4 is 11.9 Å². The first-order chi connectivity index (χ1) is 7.43. The van der Waals surface area contributed by atoms with Crippen LogP contribution in [0.3, 0.4) is 0 Å². The molecule has 0 saturated heterocycles. The van der Waals surface area contributed by atoms with E-state index in [0.717, 1.165) is 0 Å². The molecule has 0 aliphatic rings. The van der Waals surface area contributed by atoms with E-state index in [-0.39, 0.29) is 29.8 Å². The molecule has 4 heteroatoms. The van der Waals surface area contributed by atoms with E-state index < -0.39 is 5.97 Å². The van der Waals surface area contributed by atoms with Crippen LogP contribution in [0.25, 0.3) is 0 Å². The maximum Gasteiger partial charge on any atom is 0.305 e. The van der Waals surface area contributed by atoms with Gasteiger partial charge in [-0.15, -0.1) is 0 Å². The molecule has 0 aromatic heterocycles. The summed E-state index contributed by atoms with van der Waals surface area (Å²) >= 11 is 0. The second-order valence-corrected chi connectivity index (χ2v) is 6.60. The van der Waals surface area contributed by atoms with E-state index in [1.165, 1.54) is 0 Å². The fourth-order valence-corrected chi connectivity index (χ4v) is 1.59. The highest BCUT2D eigenvalue weighted by Gasteiger charge is 2.29. The third-order valence-corrected chi connectivity index (χ3v) is 2.34. The molecule has 0 aromatic rings. The summed E-state index contributed by atoms with van der Waals surface area (Å²) in [7, 11) is 0. The molecule has 0 bridgehead atoms. The van der Waals surface area contributed by atoms with Gasteiger partial charge in [-0.3, -0.25) is 9.59 Å². The van der Waals surface area contributed by atoms with Gasteiger partial charge in [-0.25, -0.2) is 0 Å². The van der Waals surface area contributed by atoms with E-state index in [0.29, 0.717) is 6.42 Å². The van der Waals surface area contributed by atoms with Crippen molar-refractivity contribution in [3.63, 3.8) is 0 Å². The summed E-state index contributed by atoms with van der Waals surface area (Å²) in [5.41, 5.74) is -0.415. The van der Waals surface area contributed by atoms with Gasteiger partial charge in [0.15, 0.2) is 0 Å². The van der Waals surface area contributed by atoms with Gasteiger partial charge >= 0.3 is 5.97 Å². The zero-order chi connectivity index (χ0) is 13.9. The molecule has 0 aliphatic carbocycles. The van der Waals surface area contributed by atoms with Crippen LogP contribution in [0.1, 0.15) is 54.4 Å². The van der Waals surface area contributed by atoms with Gasteiger partial charge in [-0.05, 0) is 26.2 Å². The Morgan fingerprint density at radius 1 is 1.06 bits per heavy atom. The van der Waals surface area contributed by atoms with Crippen molar-refractivity contribution in [1.29, 1.82) is 0 Å². The third-order valence-electron chi connectivity index (χ3n) is 2.34. The molecule has 17 heavy (non-hydrogen) atoms. The summed E-state index contributed by atoms with van der Waals surface area (Å²) in [6.45, 7) is 12.1. The number of hydrogen-bond donors (Lipinski definition) is 1. The molecule has 0 saturated carbocycles. The zero-order valence-corrected chi connectivity index (χ0v) is 11.8. The number of carboxylic acid groups (broad SMARTS) is 1. The van der Waals surface area contributed by atoms with Crippen molar-refractivity contribution in [2.45, 2.75) is 59.9 Å². The van der Waals surface area contributed by atoms with Crippen LogP contribution >= 0.6 is 0 Å². The number of carboxylic acids is 1. The molecule has 0 rings (SSSR count). The molecule has 0 fully saturated rings. The molecule has 1 N–H and O–H groups in total. The van der Waals surface area contributed by atoms with Crippen molar-refractivity contribution in [3.8, 4) is 0 Å². The lowest BCUT2D eigenvalue weighted by Gasteiger charge is -2.37. The normalized spacial score (nSPS) is 12.4. The monoisotopic (exact) mass is 243 g/mol. The molecule has 4 nitrogen and oxygen atoms in total. The molecular formula is C13H25NO3. The molecule has 1 amide bonds. The number of aliphatic carboxylic acids is 1. The van der Waals surface area contributed by atoms with Gasteiger partial charge in [0.05, 0.1) is 6.42 Å². The van der Waals surface area contributed by atoms with Gasteiger partial charge in [-0.2, -0.15) is 0 Å².